The molecule has 0 bridgehead atoms. The van der Waals surface area contributed by atoms with Gasteiger partial charge in [-0.25, -0.2) is 9.97 Å². The first-order chi connectivity index (χ1) is 14.8. The molecule has 3 heterocycles. The number of carbonyl (C=O) groups excluding carboxylic acids is 1. The van der Waals surface area contributed by atoms with Gasteiger partial charge in [0.25, 0.3) is 5.91 Å². The predicted molar refractivity (Wildman–Crippen MR) is 122 cm³/mol. The molecule has 1 aliphatic rings. The molecule has 1 amide bonds. The van der Waals surface area contributed by atoms with Crippen molar-refractivity contribution >= 4 is 23.5 Å². The molecule has 0 radical (unpaired) electrons. The maximum atomic E-state index is 13.4. The van der Waals surface area contributed by atoms with E-state index >= 15 is 0 Å². The van der Waals surface area contributed by atoms with E-state index < -0.39 is 0 Å². The minimum Gasteiger partial charge on any atom is -0.347 e. The number of halogens is 1. The van der Waals surface area contributed by atoms with Crippen LogP contribution in [0.25, 0.3) is 11.1 Å². The van der Waals surface area contributed by atoms with Crippen molar-refractivity contribution in [2.75, 3.05) is 25.5 Å². The third kappa shape index (κ3) is 4.28. The summed E-state index contributed by atoms with van der Waals surface area (Å²) >= 11 is 6.25. The number of hydrogen-bond donors (Lipinski definition) is 1. The fourth-order valence-corrected chi connectivity index (χ4v) is 4.11. The Morgan fingerprint density at radius 2 is 2.10 bits per heavy atom. The number of nitrogens with zero attached hydrogens (tertiary/aromatic N) is 5. The van der Waals surface area contributed by atoms with Gasteiger partial charge in [0.1, 0.15) is 5.69 Å². The first kappa shape index (κ1) is 21.3. The van der Waals surface area contributed by atoms with Crippen LogP contribution in [0.5, 0.6) is 0 Å². The fourth-order valence-electron chi connectivity index (χ4n) is 3.92. The largest absolute Gasteiger partial charge is 0.347 e. The number of nitrogens with one attached hydrogen (secondary N) is 1. The number of amides is 1. The molecule has 1 saturated heterocycles. The van der Waals surface area contributed by atoms with E-state index in [0.29, 0.717) is 23.2 Å². The van der Waals surface area contributed by atoms with Crippen LogP contribution in [-0.2, 0) is 0 Å². The van der Waals surface area contributed by atoms with E-state index in [1.807, 2.05) is 60.4 Å². The molecule has 0 unspecified atom stereocenters. The van der Waals surface area contributed by atoms with Crippen LogP contribution in [0.2, 0.25) is 5.02 Å². The number of aromatic nitrogens is 4. The SMILES string of the molecule is CC(C)c1cc(C(=O)N2CCC[C@H]2c2nc(N(C)C)ncc2-c2cccc(Cl)c2)n[nH]1. The van der Waals surface area contributed by atoms with E-state index in [2.05, 4.69) is 29.0 Å². The minimum absolute atomic E-state index is 0.0762. The second-order valence-electron chi connectivity index (χ2n) is 8.39. The van der Waals surface area contributed by atoms with Gasteiger partial charge in [-0.15, -0.1) is 0 Å². The van der Waals surface area contributed by atoms with Crippen molar-refractivity contribution in [2.24, 2.45) is 0 Å². The molecule has 3 aromatic rings. The molecule has 1 aliphatic heterocycles. The van der Waals surface area contributed by atoms with E-state index in [-0.39, 0.29) is 17.9 Å². The lowest BCUT2D eigenvalue weighted by atomic mass is 9.99. The summed E-state index contributed by atoms with van der Waals surface area (Å²) in [5, 5.41) is 7.91. The average molecular weight is 439 g/mol. The lowest BCUT2D eigenvalue weighted by Gasteiger charge is -2.26. The molecule has 1 aromatic carbocycles. The molecular weight excluding hydrogens is 412 g/mol. The highest BCUT2D eigenvalue weighted by Gasteiger charge is 2.35. The van der Waals surface area contributed by atoms with Crippen LogP contribution < -0.4 is 4.90 Å². The molecule has 1 N–H and O–H groups in total. The number of benzene rings is 1. The lowest BCUT2D eigenvalue weighted by molar-refractivity contribution is 0.0727. The summed E-state index contributed by atoms with van der Waals surface area (Å²) in [6.07, 6.45) is 3.58. The van der Waals surface area contributed by atoms with Gasteiger partial charge in [0.15, 0.2) is 0 Å². The third-order valence-electron chi connectivity index (χ3n) is 5.61. The lowest BCUT2D eigenvalue weighted by Crippen LogP contribution is -2.32. The number of aromatic amines is 1. The molecule has 7 nitrogen and oxygen atoms in total. The first-order valence-electron chi connectivity index (χ1n) is 10.5. The number of likely N-dealkylation sites (tertiary alicyclic amines) is 1. The summed E-state index contributed by atoms with van der Waals surface area (Å²) in [5.74, 6) is 0.817. The zero-order chi connectivity index (χ0) is 22.1. The Hall–Kier alpha value is -2.93. The van der Waals surface area contributed by atoms with E-state index in [4.69, 9.17) is 16.6 Å². The van der Waals surface area contributed by atoms with Gasteiger partial charge in [-0.3, -0.25) is 9.89 Å². The monoisotopic (exact) mass is 438 g/mol. The first-order valence-corrected chi connectivity index (χ1v) is 10.9. The van der Waals surface area contributed by atoms with Crippen molar-refractivity contribution in [1.82, 2.24) is 25.1 Å². The van der Waals surface area contributed by atoms with Crippen LogP contribution in [0.15, 0.2) is 36.5 Å². The maximum Gasteiger partial charge on any atom is 0.274 e. The molecule has 4 rings (SSSR count). The van der Waals surface area contributed by atoms with Crippen molar-refractivity contribution in [1.29, 1.82) is 0 Å². The summed E-state index contributed by atoms with van der Waals surface area (Å²) in [7, 11) is 3.82. The molecule has 0 saturated carbocycles. The normalized spacial score (nSPS) is 16.2. The maximum absolute atomic E-state index is 13.4. The van der Waals surface area contributed by atoms with Gasteiger partial charge in [-0.05, 0) is 42.5 Å². The van der Waals surface area contributed by atoms with Gasteiger partial charge in [0.2, 0.25) is 5.95 Å². The van der Waals surface area contributed by atoms with Crippen molar-refractivity contribution in [3.05, 3.63) is 58.6 Å². The van der Waals surface area contributed by atoms with E-state index in [1.54, 1.807) is 0 Å². The molecule has 0 aliphatic carbocycles. The summed E-state index contributed by atoms with van der Waals surface area (Å²) in [6.45, 7) is 4.81. The summed E-state index contributed by atoms with van der Waals surface area (Å²) in [6, 6.07) is 9.36. The predicted octanol–water partition coefficient (Wildman–Crippen LogP) is 4.69. The average Bonchev–Trinajstić information content (AvgIpc) is 3.43. The zero-order valence-electron chi connectivity index (χ0n) is 18.3. The van der Waals surface area contributed by atoms with Gasteiger partial charge >= 0.3 is 0 Å². The van der Waals surface area contributed by atoms with Crippen molar-refractivity contribution in [3.63, 3.8) is 0 Å². The Labute approximate surface area is 187 Å². The topological polar surface area (TPSA) is 78.0 Å². The molecular formula is C23H27ClN6O. The second-order valence-corrected chi connectivity index (χ2v) is 8.83. The van der Waals surface area contributed by atoms with Crippen LogP contribution in [0.4, 0.5) is 5.95 Å². The highest BCUT2D eigenvalue weighted by atomic mass is 35.5. The van der Waals surface area contributed by atoms with Crippen LogP contribution in [0.1, 0.15) is 60.5 Å². The van der Waals surface area contributed by atoms with Gasteiger partial charge in [-0.2, -0.15) is 5.10 Å². The van der Waals surface area contributed by atoms with Gasteiger partial charge in [-0.1, -0.05) is 37.6 Å². The Bertz CT molecular complexity index is 1090. The fraction of sp³-hybridized carbons (Fsp3) is 0.391. The highest BCUT2D eigenvalue weighted by molar-refractivity contribution is 6.30. The molecule has 1 fully saturated rings. The Morgan fingerprint density at radius 3 is 2.77 bits per heavy atom. The number of carbonyl (C=O) groups is 1. The Morgan fingerprint density at radius 1 is 1.29 bits per heavy atom. The van der Waals surface area contributed by atoms with E-state index in [0.717, 1.165) is 35.4 Å². The quantitative estimate of drug-likeness (QED) is 0.625. The molecule has 0 spiro atoms. The number of H-pyrrole nitrogens is 1. The third-order valence-corrected chi connectivity index (χ3v) is 5.84. The summed E-state index contributed by atoms with van der Waals surface area (Å²) in [4.78, 5) is 26.5. The molecule has 31 heavy (non-hydrogen) atoms. The summed E-state index contributed by atoms with van der Waals surface area (Å²) < 4.78 is 0. The molecule has 8 heteroatoms. The number of anilines is 1. The van der Waals surface area contributed by atoms with Gasteiger partial charge < -0.3 is 9.80 Å². The standard InChI is InChI=1S/C23H27ClN6O/c1-14(2)18-12-19(28-27-18)22(31)30-10-6-9-20(30)21-17(13-25-23(26-21)29(3)4)15-7-5-8-16(24)11-15/h5,7-8,11-14,20H,6,9-10H2,1-4H3,(H,27,28)/t20-/m0/s1. The second kappa shape index (κ2) is 8.67. The highest BCUT2D eigenvalue weighted by Crippen LogP contribution is 2.38. The van der Waals surface area contributed by atoms with E-state index in [9.17, 15) is 4.79 Å². The minimum atomic E-state index is -0.151. The van der Waals surface area contributed by atoms with Gasteiger partial charge in [0.05, 0.1) is 11.7 Å². The number of hydrogen-bond acceptors (Lipinski definition) is 5. The molecule has 2 aromatic heterocycles. The molecule has 1 atom stereocenters. The van der Waals surface area contributed by atoms with Crippen molar-refractivity contribution in [2.45, 2.75) is 38.6 Å². The van der Waals surface area contributed by atoms with E-state index in [1.165, 1.54) is 0 Å². The molecule has 162 valence electrons. The van der Waals surface area contributed by atoms with Crippen LogP contribution in [0, 0.1) is 0 Å². The zero-order valence-corrected chi connectivity index (χ0v) is 19.0. The number of rotatable bonds is 5. The van der Waals surface area contributed by atoms with Crippen molar-refractivity contribution in [3.8, 4) is 11.1 Å². The summed E-state index contributed by atoms with van der Waals surface area (Å²) in [5.41, 5.74) is 4.07. The smallest absolute Gasteiger partial charge is 0.274 e. The van der Waals surface area contributed by atoms with Crippen LogP contribution in [-0.4, -0.2) is 51.6 Å². The van der Waals surface area contributed by atoms with Crippen LogP contribution >= 0.6 is 11.6 Å². The van der Waals surface area contributed by atoms with Gasteiger partial charge in [0, 0.05) is 43.1 Å². The van der Waals surface area contributed by atoms with Crippen LogP contribution in [0.3, 0.4) is 0 Å². The Balaban J connectivity index is 1.75. The van der Waals surface area contributed by atoms with Crippen molar-refractivity contribution < 1.29 is 4.79 Å². The Kier molecular flexibility index (Phi) is 5.96.